The quantitative estimate of drug-likeness (QED) is 0.495. The number of carbonyl (C=O) groups excluding carboxylic acids is 1. The third kappa shape index (κ3) is 3.74. The van der Waals surface area contributed by atoms with Crippen molar-refractivity contribution in [1.29, 1.82) is 0 Å². The number of pyridine rings is 1. The molecule has 7 nitrogen and oxygen atoms in total. The van der Waals surface area contributed by atoms with Gasteiger partial charge < -0.3 is 14.2 Å². The Morgan fingerprint density at radius 2 is 1.94 bits per heavy atom. The number of aromatic nitrogens is 3. The van der Waals surface area contributed by atoms with Crippen molar-refractivity contribution in [3.8, 4) is 17.2 Å². The topological polar surface area (TPSA) is 81.4 Å². The van der Waals surface area contributed by atoms with Crippen molar-refractivity contribution in [2.75, 3.05) is 20.2 Å². The van der Waals surface area contributed by atoms with Gasteiger partial charge in [0.1, 0.15) is 11.4 Å². The lowest BCUT2D eigenvalue weighted by Crippen LogP contribution is -2.38. The summed E-state index contributed by atoms with van der Waals surface area (Å²) in [5.41, 5.74) is 1.34. The number of amides is 1. The average molecular weight is 414 g/mol. The number of carbonyl (C=O) groups is 1. The molecule has 1 fully saturated rings. The van der Waals surface area contributed by atoms with E-state index >= 15 is 0 Å². The Kier molecular flexibility index (Phi) is 5.08. The first-order valence-corrected chi connectivity index (χ1v) is 10.3. The monoisotopic (exact) mass is 414 g/mol. The normalized spacial score (nSPS) is 14.7. The molecule has 0 bridgehead atoms. The number of benzene rings is 2. The summed E-state index contributed by atoms with van der Waals surface area (Å²) < 4.78 is 10.8. The number of nitrogens with zero attached hydrogens (tertiary/aromatic N) is 4. The minimum absolute atomic E-state index is 0.0274. The lowest BCUT2D eigenvalue weighted by molar-refractivity contribution is 0.0707. The first-order chi connectivity index (χ1) is 15.2. The molecule has 2 aromatic heterocycles. The lowest BCUT2D eigenvalue weighted by Gasteiger charge is -2.30. The van der Waals surface area contributed by atoms with Crippen LogP contribution in [-0.4, -0.2) is 46.1 Å². The van der Waals surface area contributed by atoms with Gasteiger partial charge in [0.2, 0.25) is 0 Å². The molecule has 31 heavy (non-hydrogen) atoms. The van der Waals surface area contributed by atoms with Crippen LogP contribution in [0.1, 0.15) is 35.1 Å². The zero-order valence-corrected chi connectivity index (χ0v) is 17.2. The molecule has 7 heteroatoms. The van der Waals surface area contributed by atoms with E-state index in [1.807, 2.05) is 59.5 Å². The van der Waals surface area contributed by atoms with E-state index in [0.717, 1.165) is 34.9 Å². The predicted octanol–water partition coefficient (Wildman–Crippen LogP) is 4.31. The first kappa shape index (κ1) is 19.2. The van der Waals surface area contributed by atoms with E-state index in [-0.39, 0.29) is 11.8 Å². The van der Waals surface area contributed by atoms with Crippen LogP contribution < -0.4 is 4.74 Å². The van der Waals surface area contributed by atoms with Gasteiger partial charge >= 0.3 is 0 Å². The van der Waals surface area contributed by atoms with E-state index in [1.54, 1.807) is 13.3 Å². The highest BCUT2D eigenvalue weighted by atomic mass is 16.5. The maximum absolute atomic E-state index is 13.1. The van der Waals surface area contributed by atoms with Gasteiger partial charge in [-0.15, -0.1) is 0 Å². The molecule has 156 valence electrons. The van der Waals surface area contributed by atoms with Crippen molar-refractivity contribution in [3.05, 3.63) is 72.3 Å². The summed E-state index contributed by atoms with van der Waals surface area (Å²) in [6, 6.07) is 17.3. The molecule has 0 atom stereocenters. The molecule has 4 aromatic rings. The smallest absolute Gasteiger partial charge is 0.273 e. The molecule has 5 rings (SSSR count). The van der Waals surface area contributed by atoms with Gasteiger partial charge in [-0.2, -0.15) is 4.98 Å². The van der Waals surface area contributed by atoms with Gasteiger partial charge in [-0.1, -0.05) is 35.5 Å². The van der Waals surface area contributed by atoms with Crippen LogP contribution in [0.15, 0.2) is 65.3 Å². The Balaban J connectivity index is 1.28. The zero-order chi connectivity index (χ0) is 21.2. The van der Waals surface area contributed by atoms with Gasteiger partial charge in [0, 0.05) is 36.2 Å². The van der Waals surface area contributed by atoms with Crippen LogP contribution in [0, 0.1) is 0 Å². The van der Waals surface area contributed by atoms with Crippen LogP contribution in [0.5, 0.6) is 5.75 Å². The number of likely N-dealkylation sites (tertiary alicyclic amines) is 1. The Morgan fingerprint density at radius 1 is 1.10 bits per heavy atom. The Hall–Kier alpha value is -3.74. The summed E-state index contributed by atoms with van der Waals surface area (Å²) in [6.07, 6.45) is 3.27. The summed E-state index contributed by atoms with van der Waals surface area (Å²) in [5.74, 6) is 2.04. The maximum atomic E-state index is 13.1. The van der Waals surface area contributed by atoms with Gasteiger partial charge in [0.15, 0.2) is 5.82 Å². The molecular weight excluding hydrogens is 392 g/mol. The third-order valence-electron chi connectivity index (χ3n) is 5.78. The van der Waals surface area contributed by atoms with E-state index in [2.05, 4.69) is 15.1 Å². The fourth-order valence-electron chi connectivity index (χ4n) is 4.05. The molecule has 0 unspecified atom stereocenters. The molecule has 0 spiro atoms. The highest BCUT2D eigenvalue weighted by Crippen LogP contribution is 2.30. The van der Waals surface area contributed by atoms with Gasteiger partial charge in [-0.25, -0.2) is 0 Å². The second kappa shape index (κ2) is 8.18. The maximum Gasteiger partial charge on any atom is 0.273 e. The molecule has 1 amide bonds. The van der Waals surface area contributed by atoms with Gasteiger partial charge in [-0.05, 0) is 42.5 Å². The molecule has 0 aliphatic carbocycles. The van der Waals surface area contributed by atoms with Crippen molar-refractivity contribution in [2.24, 2.45) is 0 Å². The van der Waals surface area contributed by atoms with Crippen LogP contribution >= 0.6 is 0 Å². The van der Waals surface area contributed by atoms with E-state index in [4.69, 9.17) is 9.26 Å². The molecule has 0 radical (unpaired) electrons. The molecule has 3 heterocycles. The number of methoxy groups -OCH3 is 1. The Labute approximate surface area is 179 Å². The molecule has 1 saturated heterocycles. The van der Waals surface area contributed by atoms with Gasteiger partial charge in [0.05, 0.1) is 7.11 Å². The molecule has 0 saturated carbocycles. The molecule has 1 aliphatic rings. The highest BCUT2D eigenvalue weighted by Gasteiger charge is 2.28. The number of ether oxygens (including phenoxy) is 1. The molecule has 2 aromatic carbocycles. The number of hydrogen-bond donors (Lipinski definition) is 0. The second-order valence-corrected chi connectivity index (χ2v) is 7.64. The summed E-state index contributed by atoms with van der Waals surface area (Å²) in [4.78, 5) is 23.9. The van der Waals surface area contributed by atoms with E-state index in [9.17, 15) is 4.79 Å². The third-order valence-corrected chi connectivity index (χ3v) is 5.78. The highest BCUT2D eigenvalue weighted by molar-refractivity contribution is 6.05. The SMILES string of the molecule is COc1cccc(-c2nc(C3CCN(C(=O)c4nccc5ccccc45)CC3)no2)c1. The minimum Gasteiger partial charge on any atom is -0.497 e. The van der Waals surface area contributed by atoms with Crippen molar-refractivity contribution < 1.29 is 14.1 Å². The first-order valence-electron chi connectivity index (χ1n) is 10.3. The number of fused-ring (bicyclic) bond motifs is 1. The predicted molar refractivity (Wildman–Crippen MR) is 116 cm³/mol. The summed E-state index contributed by atoms with van der Waals surface area (Å²) in [5, 5.41) is 6.11. The lowest BCUT2D eigenvalue weighted by atomic mass is 9.95. The van der Waals surface area contributed by atoms with E-state index < -0.39 is 0 Å². The van der Waals surface area contributed by atoms with E-state index in [1.165, 1.54) is 0 Å². The second-order valence-electron chi connectivity index (χ2n) is 7.64. The van der Waals surface area contributed by atoms with Crippen LogP contribution in [0.3, 0.4) is 0 Å². The van der Waals surface area contributed by atoms with Crippen LogP contribution in [0.25, 0.3) is 22.2 Å². The van der Waals surface area contributed by atoms with Crippen molar-refractivity contribution in [2.45, 2.75) is 18.8 Å². The molecule has 1 aliphatic heterocycles. The van der Waals surface area contributed by atoms with Gasteiger partial charge in [-0.3, -0.25) is 9.78 Å². The fraction of sp³-hybridized carbons (Fsp3) is 0.250. The fourth-order valence-corrected chi connectivity index (χ4v) is 4.05. The Morgan fingerprint density at radius 3 is 2.77 bits per heavy atom. The standard InChI is InChI=1S/C24H22N4O3/c1-30-19-7-4-6-18(15-19)23-26-22(27-31-23)17-10-13-28(14-11-17)24(29)21-20-8-3-2-5-16(20)9-12-25-21/h2-9,12,15,17H,10-11,13-14H2,1H3. The van der Waals surface area contributed by atoms with Gasteiger partial charge in [0.25, 0.3) is 11.8 Å². The van der Waals surface area contributed by atoms with Crippen LogP contribution in [0.2, 0.25) is 0 Å². The largest absolute Gasteiger partial charge is 0.497 e. The average Bonchev–Trinajstić information content (AvgIpc) is 3.34. The number of hydrogen-bond acceptors (Lipinski definition) is 6. The van der Waals surface area contributed by atoms with Crippen molar-refractivity contribution in [3.63, 3.8) is 0 Å². The minimum atomic E-state index is -0.0274. The van der Waals surface area contributed by atoms with Crippen molar-refractivity contribution in [1.82, 2.24) is 20.0 Å². The number of piperidine rings is 1. The zero-order valence-electron chi connectivity index (χ0n) is 17.2. The molecule has 0 N–H and O–H groups in total. The van der Waals surface area contributed by atoms with Crippen LogP contribution in [-0.2, 0) is 0 Å². The van der Waals surface area contributed by atoms with Crippen molar-refractivity contribution >= 4 is 16.7 Å². The summed E-state index contributed by atoms with van der Waals surface area (Å²) in [7, 11) is 1.63. The summed E-state index contributed by atoms with van der Waals surface area (Å²) in [6.45, 7) is 1.27. The summed E-state index contributed by atoms with van der Waals surface area (Å²) >= 11 is 0. The number of rotatable bonds is 4. The Bertz CT molecular complexity index is 1220. The van der Waals surface area contributed by atoms with E-state index in [0.29, 0.717) is 30.5 Å². The van der Waals surface area contributed by atoms with Crippen LogP contribution in [0.4, 0.5) is 0 Å². The molecular formula is C24H22N4O3.